The Morgan fingerprint density at radius 3 is 2.47 bits per heavy atom. The smallest absolute Gasteiger partial charge is 0.289 e. The van der Waals surface area contributed by atoms with Crippen LogP contribution in [-0.2, 0) is 6.54 Å². The number of rotatable bonds is 6. The number of aliphatic imine (C=N–C) groups is 1. The average molecular weight is 526 g/mol. The topological polar surface area (TPSA) is 70.3 Å². The van der Waals surface area contributed by atoms with E-state index in [0.717, 1.165) is 30.4 Å². The monoisotopic (exact) mass is 526 g/mol. The summed E-state index contributed by atoms with van der Waals surface area (Å²) in [5.74, 6) is 2.53. The zero-order valence-electron chi connectivity index (χ0n) is 17.8. The lowest BCUT2D eigenvalue weighted by molar-refractivity contribution is 0.0657. The van der Waals surface area contributed by atoms with E-state index < -0.39 is 0 Å². The second-order valence-electron chi connectivity index (χ2n) is 7.47. The minimum absolute atomic E-state index is 0. The lowest BCUT2D eigenvalue weighted by atomic mass is 10.2. The second-order valence-corrected chi connectivity index (χ2v) is 7.47. The van der Waals surface area contributed by atoms with Gasteiger partial charge in [-0.1, -0.05) is 32.0 Å². The van der Waals surface area contributed by atoms with Gasteiger partial charge in [0.2, 0.25) is 0 Å². The third-order valence-corrected chi connectivity index (χ3v) is 4.79. The average Bonchev–Trinajstić information content (AvgIpc) is 3.28. The van der Waals surface area contributed by atoms with Crippen molar-refractivity contribution in [2.45, 2.75) is 20.4 Å². The quantitative estimate of drug-likeness (QED) is 0.355. The summed E-state index contributed by atoms with van der Waals surface area (Å²) in [7, 11) is 1.78. The number of nitrogens with one attached hydrogen (secondary N) is 1. The summed E-state index contributed by atoms with van der Waals surface area (Å²) >= 11 is 0. The Morgan fingerprint density at radius 1 is 1.13 bits per heavy atom. The molecule has 1 N–H and O–H groups in total. The molecule has 1 aromatic carbocycles. The van der Waals surface area contributed by atoms with Crippen LogP contribution in [0.5, 0.6) is 5.75 Å². The standard InChI is InChI=1S/C22H30N4O3.HI/c1-17(2)16-29-19-8-5-4-7-18(19)15-24-22(23-3)26-12-10-25(11-13-26)21(27)20-9-6-14-28-20;/h4-9,14,17H,10-13,15-16H2,1-3H3,(H,23,24);1H. The zero-order chi connectivity index (χ0) is 20.6. The Bertz CT molecular complexity index is 816. The van der Waals surface area contributed by atoms with E-state index in [-0.39, 0.29) is 29.9 Å². The maximum atomic E-state index is 12.4. The first-order valence-corrected chi connectivity index (χ1v) is 10.1. The van der Waals surface area contributed by atoms with Crippen LogP contribution in [0.3, 0.4) is 0 Å². The Kier molecular flexibility index (Phi) is 9.48. The molecule has 1 aliphatic rings. The van der Waals surface area contributed by atoms with Gasteiger partial charge in [0.25, 0.3) is 5.91 Å². The van der Waals surface area contributed by atoms with Crippen molar-refractivity contribution < 1.29 is 13.9 Å². The fourth-order valence-electron chi connectivity index (χ4n) is 3.23. The highest BCUT2D eigenvalue weighted by molar-refractivity contribution is 14.0. The van der Waals surface area contributed by atoms with E-state index >= 15 is 0 Å². The van der Waals surface area contributed by atoms with Crippen molar-refractivity contribution in [1.29, 1.82) is 0 Å². The molecule has 2 aromatic rings. The van der Waals surface area contributed by atoms with Crippen LogP contribution in [0.2, 0.25) is 0 Å². The van der Waals surface area contributed by atoms with Crippen molar-refractivity contribution in [2.75, 3.05) is 39.8 Å². The Labute approximate surface area is 195 Å². The predicted octanol–water partition coefficient (Wildman–Crippen LogP) is 3.47. The van der Waals surface area contributed by atoms with Crippen LogP contribution in [0.1, 0.15) is 30.0 Å². The Balaban J connectivity index is 0.00000320. The second kappa shape index (κ2) is 11.8. The molecule has 0 saturated carbocycles. The maximum Gasteiger partial charge on any atom is 0.289 e. The Morgan fingerprint density at radius 2 is 1.83 bits per heavy atom. The molecular weight excluding hydrogens is 495 g/mol. The van der Waals surface area contributed by atoms with Crippen molar-refractivity contribution in [3.05, 3.63) is 54.0 Å². The summed E-state index contributed by atoms with van der Waals surface area (Å²) in [6, 6.07) is 11.5. The third-order valence-electron chi connectivity index (χ3n) is 4.79. The molecule has 7 nitrogen and oxygen atoms in total. The van der Waals surface area contributed by atoms with Crippen LogP contribution < -0.4 is 10.1 Å². The van der Waals surface area contributed by atoms with Crippen LogP contribution in [-0.4, -0.2) is 61.5 Å². The summed E-state index contributed by atoms with van der Waals surface area (Å²) < 4.78 is 11.2. The normalized spacial score (nSPS) is 14.5. The molecule has 3 rings (SSSR count). The summed E-state index contributed by atoms with van der Waals surface area (Å²) in [5, 5.41) is 3.43. The van der Waals surface area contributed by atoms with Gasteiger partial charge in [-0.15, -0.1) is 24.0 Å². The Hall–Kier alpha value is -2.23. The van der Waals surface area contributed by atoms with Crippen LogP contribution in [0.25, 0.3) is 0 Å². The van der Waals surface area contributed by atoms with Gasteiger partial charge in [-0.05, 0) is 24.1 Å². The van der Waals surface area contributed by atoms with Gasteiger partial charge in [-0.3, -0.25) is 9.79 Å². The molecule has 1 aromatic heterocycles. The van der Waals surface area contributed by atoms with Crippen molar-refractivity contribution in [3.8, 4) is 5.75 Å². The number of carbonyl (C=O) groups is 1. The molecule has 1 fully saturated rings. The van der Waals surface area contributed by atoms with E-state index in [1.165, 1.54) is 6.26 Å². The molecule has 0 aliphatic carbocycles. The third kappa shape index (κ3) is 6.38. The molecule has 1 amide bonds. The molecule has 0 spiro atoms. The first-order valence-electron chi connectivity index (χ1n) is 10.1. The summed E-state index contributed by atoms with van der Waals surface area (Å²) in [5.41, 5.74) is 1.10. The summed E-state index contributed by atoms with van der Waals surface area (Å²) in [4.78, 5) is 20.8. The molecule has 0 radical (unpaired) electrons. The van der Waals surface area contributed by atoms with Crippen LogP contribution >= 0.6 is 24.0 Å². The van der Waals surface area contributed by atoms with Crippen LogP contribution in [0.4, 0.5) is 0 Å². The number of ether oxygens (including phenoxy) is 1. The van der Waals surface area contributed by atoms with E-state index in [1.54, 1.807) is 19.2 Å². The highest BCUT2D eigenvalue weighted by Gasteiger charge is 2.25. The number of hydrogen-bond acceptors (Lipinski definition) is 4. The molecule has 164 valence electrons. The molecule has 1 aliphatic heterocycles. The SMILES string of the molecule is CN=C(NCc1ccccc1OCC(C)C)N1CCN(C(=O)c2ccco2)CC1.I. The number of piperazine rings is 1. The van der Waals surface area contributed by atoms with Crippen molar-refractivity contribution in [1.82, 2.24) is 15.1 Å². The zero-order valence-corrected chi connectivity index (χ0v) is 20.2. The van der Waals surface area contributed by atoms with Gasteiger partial charge < -0.3 is 24.3 Å². The minimum Gasteiger partial charge on any atom is -0.493 e. The lowest BCUT2D eigenvalue weighted by Gasteiger charge is -2.36. The molecule has 2 heterocycles. The first kappa shape index (κ1) is 24.0. The summed E-state index contributed by atoms with van der Waals surface area (Å²) in [6.07, 6.45) is 1.53. The van der Waals surface area contributed by atoms with Gasteiger partial charge in [0, 0.05) is 45.3 Å². The number of hydrogen-bond donors (Lipinski definition) is 1. The van der Waals surface area contributed by atoms with Gasteiger partial charge in [0.05, 0.1) is 12.9 Å². The van der Waals surface area contributed by atoms with E-state index in [4.69, 9.17) is 9.15 Å². The molecular formula is C22H31IN4O3. The largest absolute Gasteiger partial charge is 0.493 e. The van der Waals surface area contributed by atoms with E-state index in [9.17, 15) is 4.79 Å². The van der Waals surface area contributed by atoms with Gasteiger partial charge in [0.1, 0.15) is 5.75 Å². The number of carbonyl (C=O) groups excluding carboxylic acids is 1. The number of benzene rings is 1. The molecule has 0 atom stereocenters. The van der Waals surface area contributed by atoms with Gasteiger partial charge in [-0.2, -0.15) is 0 Å². The molecule has 0 unspecified atom stereocenters. The van der Waals surface area contributed by atoms with E-state index in [2.05, 4.69) is 35.1 Å². The maximum absolute atomic E-state index is 12.4. The van der Waals surface area contributed by atoms with Crippen molar-refractivity contribution in [2.24, 2.45) is 10.9 Å². The highest BCUT2D eigenvalue weighted by Crippen LogP contribution is 2.19. The number of furan rings is 1. The van der Waals surface area contributed by atoms with Crippen molar-refractivity contribution >= 4 is 35.8 Å². The van der Waals surface area contributed by atoms with E-state index in [0.29, 0.717) is 37.9 Å². The number of para-hydroxylation sites is 1. The highest BCUT2D eigenvalue weighted by atomic mass is 127. The van der Waals surface area contributed by atoms with Crippen LogP contribution in [0, 0.1) is 5.92 Å². The molecule has 30 heavy (non-hydrogen) atoms. The fourth-order valence-corrected chi connectivity index (χ4v) is 3.23. The molecule has 0 bridgehead atoms. The first-order chi connectivity index (χ1) is 14.1. The fraction of sp³-hybridized carbons (Fsp3) is 0.455. The van der Waals surface area contributed by atoms with Gasteiger partial charge >= 0.3 is 0 Å². The number of halogens is 1. The number of amides is 1. The number of nitrogens with zero attached hydrogens (tertiary/aromatic N) is 3. The molecule has 1 saturated heterocycles. The summed E-state index contributed by atoms with van der Waals surface area (Å²) in [6.45, 7) is 8.31. The number of guanidine groups is 1. The molecule has 8 heteroatoms. The lowest BCUT2D eigenvalue weighted by Crippen LogP contribution is -2.53. The van der Waals surface area contributed by atoms with E-state index in [1.807, 2.05) is 23.1 Å². The van der Waals surface area contributed by atoms with Gasteiger partial charge in [-0.25, -0.2) is 0 Å². The van der Waals surface area contributed by atoms with Crippen LogP contribution in [0.15, 0.2) is 52.1 Å². The predicted molar refractivity (Wildman–Crippen MR) is 129 cm³/mol. The van der Waals surface area contributed by atoms with Gasteiger partial charge in [0.15, 0.2) is 11.7 Å². The minimum atomic E-state index is -0.0613. The van der Waals surface area contributed by atoms with Crippen molar-refractivity contribution in [3.63, 3.8) is 0 Å².